The summed E-state index contributed by atoms with van der Waals surface area (Å²) < 4.78 is 5.27. The average molecular weight is 291 g/mol. The number of amides is 1. The van der Waals surface area contributed by atoms with Crippen molar-refractivity contribution in [2.24, 2.45) is 5.92 Å². The lowest BCUT2D eigenvalue weighted by Gasteiger charge is -2.32. The second-order valence-electron chi connectivity index (χ2n) is 5.97. The standard InChI is InChI=1S/C16H25N3O2/c1-13(2)12-21-16(20)19-8-5-15(6-9-19)18-11-14-4-3-7-17-10-14/h3-4,7,10,13,15,18H,5-6,8-9,11-12H2,1-2H3. The van der Waals surface area contributed by atoms with Gasteiger partial charge in [-0.15, -0.1) is 0 Å². The first-order valence-corrected chi connectivity index (χ1v) is 7.69. The smallest absolute Gasteiger partial charge is 0.409 e. The number of ether oxygens (including phenoxy) is 1. The van der Waals surface area contributed by atoms with Gasteiger partial charge in [-0.05, 0) is 30.4 Å². The molecule has 2 rings (SSSR count). The van der Waals surface area contributed by atoms with Crippen molar-refractivity contribution in [2.75, 3.05) is 19.7 Å². The molecule has 0 radical (unpaired) electrons. The van der Waals surface area contributed by atoms with Crippen molar-refractivity contribution in [3.63, 3.8) is 0 Å². The summed E-state index contributed by atoms with van der Waals surface area (Å²) in [6.07, 6.45) is 5.43. The van der Waals surface area contributed by atoms with E-state index in [0.29, 0.717) is 18.6 Å². The van der Waals surface area contributed by atoms with E-state index in [1.54, 1.807) is 6.20 Å². The van der Waals surface area contributed by atoms with E-state index in [-0.39, 0.29) is 6.09 Å². The van der Waals surface area contributed by atoms with Crippen molar-refractivity contribution in [1.29, 1.82) is 0 Å². The number of hydrogen-bond acceptors (Lipinski definition) is 4. The molecule has 5 heteroatoms. The summed E-state index contributed by atoms with van der Waals surface area (Å²) >= 11 is 0. The van der Waals surface area contributed by atoms with Crippen LogP contribution in [0.25, 0.3) is 0 Å². The van der Waals surface area contributed by atoms with Crippen LogP contribution >= 0.6 is 0 Å². The monoisotopic (exact) mass is 291 g/mol. The molecule has 1 fully saturated rings. The fourth-order valence-corrected chi connectivity index (χ4v) is 2.36. The number of likely N-dealkylation sites (tertiary alicyclic amines) is 1. The van der Waals surface area contributed by atoms with Crippen molar-refractivity contribution in [1.82, 2.24) is 15.2 Å². The molecule has 1 aromatic rings. The summed E-state index contributed by atoms with van der Waals surface area (Å²) in [6.45, 7) is 6.95. The summed E-state index contributed by atoms with van der Waals surface area (Å²) in [4.78, 5) is 17.8. The van der Waals surface area contributed by atoms with Gasteiger partial charge in [-0.25, -0.2) is 4.79 Å². The van der Waals surface area contributed by atoms with E-state index in [4.69, 9.17) is 4.74 Å². The predicted octanol–water partition coefficient (Wildman–Crippen LogP) is 2.43. The average Bonchev–Trinajstić information content (AvgIpc) is 2.52. The molecule has 0 unspecified atom stereocenters. The Hall–Kier alpha value is -1.62. The van der Waals surface area contributed by atoms with Gasteiger partial charge in [0.15, 0.2) is 0 Å². The number of aromatic nitrogens is 1. The molecule has 0 aliphatic carbocycles. The third kappa shape index (κ3) is 5.34. The maximum Gasteiger partial charge on any atom is 0.409 e. The van der Waals surface area contributed by atoms with Crippen molar-refractivity contribution >= 4 is 6.09 Å². The summed E-state index contributed by atoms with van der Waals surface area (Å²) in [7, 11) is 0. The maximum absolute atomic E-state index is 11.9. The molecule has 0 spiro atoms. The van der Waals surface area contributed by atoms with Crippen LogP contribution in [0.15, 0.2) is 24.5 Å². The van der Waals surface area contributed by atoms with Crippen LogP contribution in [0.2, 0.25) is 0 Å². The van der Waals surface area contributed by atoms with Crippen LogP contribution in [0.5, 0.6) is 0 Å². The zero-order chi connectivity index (χ0) is 15.1. The Morgan fingerprint density at radius 2 is 2.24 bits per heavy atom. The second-order valence-corrected chi connectivity index (χ2v) is 5.97. The molecule has 1 saturated heterocycles. The highest BCUT2D eigenvalue weighted by Gasteiger charge is 2.23. The van der Waals surface area contributed by atoms with Crippen LogP contribution in [-0.4, -0.2) is 41.7 Å². The Morgan fingerprint density at radius 3 is 2.86 bits per heavy atom. The van der Waals surface area contributed by atoms with Crippen LogP contribution < -0.4 is 5.32 Å². The number of rotatable bonds is 5. The van der Waals surface area contributed by atoms with Crippen LogP contribution in [0.3, 0.4) is 0 Å². The molecule has 0 saturated carbocycles. The maximum atomic E-state index is 11.9. The van der Waals surface area contributed by atoms with E-state index >= 15 is 0 Å². The highest BCUT2D eigenvalue weighted by Crippen LogP contribution is 2.12. The van der Waals surface area contributed by atoms with E-state index in [9.17, 15) is 4.79 Å². The molecule has 116 valence electrons. The minimum Gasteiger partial charge on any atom is -0.449 e. The topological polar surface area (TPSA) is 54.5 Å². The lowest BCUT2D eigenvalue weighted by Crippen LogP contribution is -2.45. The number of nitrogens with one attached hydrogen (secondary N) is 1. The van der Waals surface area contributed by atoms with E-state index in [2.05, 4.69) is 16.4 Å². The molecule has 0 aromatic carbocycles. The summed E-state index contributed by atoms with van der Waals surface area (Å²) in [5.74, 6) is 0.382. The Labute approximate surface area is 126 Å². The molecule has 1 aliphatic rings. The fraction of sp³-hybridized carbons (Fsp3) is 0.625. The molecule has 0 atom stereocenters. The van der Waals surface area contributed by atoms with Crippen LogP contribution in [0.1, 0.15) is 32.3 Å². The molecule has 5 nitrogen and oxygen atoms in total. The highest BCUT2D eigenvalue weighted by molar-refractivity contribution is 5.67. The second kappa shape index (κ2) is 7.98. The van der Waals surface area contributed by atoms with Crippen molar-refractivity contribution in [2.45, 2.75) is 39.3 Å². The first-order valence-electron chi connectivity index (χ1n) is 7.69. The Balaban J connectivity index is 1.67. The summed E-state index contributed by atoms with van der Waals surface area (Å²) in [5, 5.41) is 3.53. The van der Waals surface area contributed by atoms with Gasteiger partial charge in [0.25, 0.3) is 0 Å². The van der Waals surface area contributed by atoms with Gasteiger partial charge in [0, 0.05) is 38.1 Å². The van der Waals surface area contributed by atoms with Gasteiger partial charge in [-0.1, -0.05) is 19.9 Å². The zero-order valence-electron chi connectivity index (χ0n) is 12.9. The lowest BCUT2D eigenvalue weighted by atomic mass is 10.1. The normalized spacial score (nSPS) is 16.2. The predicted molar refractivity (Wildman–Crippen MR) is 81.9 cm³/mol. The zero-order valence-corrected chi connectivity index (χ0v) is 12.9. The third-order valence-electron chi connectivity index (χ3n) is 3.61. The van der Waals surface area contributed by atoms with Crippen molar-refractivity contribution in [3.05, 3.63) is 30.1 Å². The molecule has 1 aromatic heterocycles. The molecule has 21 heavy (non-hydrogen) atoms. The molecule has 1 aliphatic heterocycles. The quantitative estimate of drug-likeness (QED) is 0.905. The SMILES string of the molecule is CC(C)COC(=O)N1CCC(NCc2cccnc2)CC1. The van der Waals surface area contributed by atoms with E-state index in [1.807, 2.05) is 31.0 Å². The first-order chi connectivity index (χ1) is 10.1. The molecular weight excluding hydrogens is 266 g/mol. The van der Waals surface area contributed by atoms with Crippen LogP contribution in [0.4, 0.5) is 4.79 Å². The number of pyridine rings is 1. The van der Waals surface area contributed by atoms with Gasteiger partial charge in [-0.3, -0.25) is 4.98 Å². The lowest BCUT2D eigenvalue weighted by molar-refractivity contribution is 0.0817. The highest BCUT2D eigenvalue weighted by atomic mass is 16.6. The van der Waals surface area contributed by atoms with Gasteiger partial charge < -0.3 is 15.0 Å². The molecule has 0 bridgehead atoms. The van der Waals surface area contributed by atoms with Crippen molar-refractivity contribution in [3.8, 4) is 0 Å². The van der Waals surface area contributed by atoms with E-state index in [0.717, 1.165) is 32.5 Å². The van der Waals surface area contributed by atoms with Gasteiger partial charge in [-0.2, -0.15) is 0 Å². The largest absolute Gasteiger partial charge is 0.449 e. The number of piperidine rings is 1. The van der Waals surface area contributed by atoms with E-state index in [1.165, 1.54) is 5.56 Å². The number of carbonyl (C=O) groups excluding carboxylic acids is 1. The summed E-state index contributed by atoms with van der Waals surface area (Å²) in [5.41, 5.74) is 1.19. The minimum absolute atomic E-state index is 0.172. The summed E-state index contributed by atoms with van der Waals surface area (Å²) in [6, 6.07) is 4.47. The van der Waals surface area contributed by atoms with Crippen LogP contribution in [-0.2, 0) is 11.3 Å². The Morgan fingerprint density at radius 1 is 1.48 bits per heavy atom. The molecular formula is C16H25N3O2. The first kappa shape index (κ1) is 15.8. The van der Waals surface area contributed by atoms with Crippen molar-refractivity contribution < 1.29 is 9.53 Å². The van der Waals surface area contributed by atoms with Gasteiger partial charge in [0.1, 0.15) is 0 Å². The Bertz CT molecular complexity index is 428. The van der Waals surface area contributed by atoms with Gasteiger partial charge in [0.05, 0.1) is 6.61 Å². The van der Waals surface area contributed by atoms with E-state index < -0.39 is 0 Å². The number of nitrogens with zero attached hydrogens (tertiary/aromatic N) is 2. The van der Waals surface area contributed by atoms with Gasteiger partial charge in [0.2, 0.25) is 0 Å². The molecule has 1 amide bonds. The molecule has 2 heterocycles. The van der Waals surface area contributed by atoms with Crippen LogP contribution in [0, 0.1) is 5.92 Å². The minimum atomic E-state index is -0.172. The van der Waals surface area contributed by atoms with Gasteiger partial charge >= 0.3 is 6.09 Å². The number of carbonyl (C=O) groups is 1. The fourth-order valence-electron chi connectivity index (χ4n) is 2.36. The Kier molecular flexibility index (Phi) is 5.99. The molecule has 1 N–H and O–H groups in total. The third-order valence-corrected chi connectivity index (χ3v) is 3.61. The number of hydrogen-bond donors (Lipinski definition) is 1.